The van der Waals surface area contributed by atoms with Crippen LogP contribution in [-0.2, 0) is 16.1 Å². The second-order valence-corrected chi connectivity index (χ2v) is 7.85. The molecule has 1 aromatic heterocycles. The molecular formula is C21H27N3O3. The Bertz CT molecular complexity index is 869. The van der Waals surface area contributed by atoms with E-state index < -0.39 is 5.54 Å². The number of ether oxygens (including phenoxy) is 1. The van der Waals surface area contributed by atoms with Crippen LogP contribution in [-0.4, -0.2) is 53.1 Å². The van der Waals surface area contributed by atoms with Gasteiger partial charge in [0.2, 0.25) is 5.91 Å². The maximum absolute atomic E-state index is 13.3. The third kappa shape index (κ3) is 3.02. The van der Waals surface area contributed by atoms with Crippen molar-refractivity contribution >= 4 is 22.7 Å². The summed E-state index contributed by atoms with van der Waals surface area (Å²) in [5.74, 6) is -0.180. The van der Waals surface area contributed by atoms with Gasteiger partial charge in [-0.25, -0.2) is 0 Å². The van der Waals surface area contributed by atoms with Gasteiger partial charge in [-0.15, -0.1) is 0 Å². The fraction of sp³-hybridized carbons (Fsp3) is 0.524. The SMILES string of the molecule is COCCN1C(=O)c2cc3ccccc3n2C[C@]1(C)C(=O)NC1CCCC1. The number of carbonyl (C=O) groups is 2. The Morgan fingerprint density at radius 1 is 1.30 bits per heavy atom. The molecule has 6 heteroatoms. The molecule has 2 heterocycles. The molecule has 1 saturated carbocycles. The van der Waals surface area contributed by atoms with Crippen molar-refractivity contribution in [1.82, 2.24) is 14.8 Å². The quantitative estimate of drug-likeness (QED) is 0.881. The van der Waals surface area contributed by atoms with Crippen LogP contribution in [0.2, 0.25) is 0 Å². The van der Waals surface area contributed by atoms with Crippen LogP contribution in [0, 0.1) is 0 Å². The first-order valence-electron chi connectivity index (χ1n) is 9.75. The van der Waals surface area contributed by atoms with Gasteiger partial charge in [-0.05, 0) is 31.9 Å². The standard InChI is InChI=1S/C21H27N3O3/c1-21(20(26)22-16-8-4-5-9-16)14-23-17-10-6-3-7-15(17)13-18(23)19(25)24(21)11-12-27-2/h3,6-7,10,13,16H,4-5,8-9,11-12,14H2,1-2H3,(H,22,26)/t21-/m1/s1. The number of fused-ring (bicyclic) bond motifs is 3. The van der Waals surface area contributed by atoms with Gasteiger partial charge in [0, 0.05) is 30.6 Å². The van der Waals surface area contributed by atoms with E-state index in [2.05, 4.69) is 5.32 Å². The van der Waals surface area contributed by atoms with Crippen LogP contribution in [0.3, 0.4) is 0 Å². The number of rotatable bonds is 5. The lowest BCUT2D eigenvalue weighted by molar-refractivity contribution is -0.133. The molecule has 27 heavy (non-hydrogen) atoms. The van der Waals surface area contributed by atoms with Crippen molar-refractivity contribution < 1.29 is 14.3 Å². The molecule has 1 aliphatic heterocycles. The second-order valence-electron chi connectivity index (χ2n) is 7.85. The number of aromatic nitrogens is 1. The summed E-state index contributed by atoms with van der Waals surface area (Å²) in [7, 11) is 1.61. The predicted octanol–water partition coefficient (Wildman–Crippen LogP) is 2.56. The van der Waals surface area contributed by atoms with Crippen molar-refractivity contribution in [2.24, 2.45) is 0 Å². The summed E-state index contributed by atoms with van der Waals surface area (Å²) < 4.78 is 7.21. The highest BCUT2D eigenvalue weighted by atomic mass is 16.5. The molecule has 1 aliphatic carbocycles. The monoisotopic (exact) mass is 369 g/mol. The number of benzene rings is 1. The lowest BCUT2D eigenvalue weighted by atomic mass is 9.94. The average Bonchev–Trinajstić information content (AvgIpc) is 3.29. The van der Waals surface area contributed by atoms with Crippen molar-refractivity contribution in [1.29, 1.82) is 0 Å². The highest BCUT2D eigenvalue weighted by Crippen LogP contribution is 2.32. The topological polar surface area (TPSA) is 63.6 Å². The summed E-state index contributed by atoms with van der Waals surface area (Å²) in [5.41, 5.74) is 0.693. The molecular weight excluding hydrogens is 342 g/mol. The van der Waals surface area contributed by atoms with E-state index in [-0.39, 0.29) is 17.9 Å². The van der Waals surface area contributed by atoms with E-state index in [1.165, 1.54) is 0 Å². The summed E-state index contributed by atoms with van der Waals surface area (Å²) in [6, 6.07) is 10.1. The van der Waals surface area contributed by atoms with Crippen LogP contribution in [0.5, 0.6) is 0 Å². The molecule has 0 unspecified atom stereocenters. The van der Waals surface area contributed by atoms with E-state index in [0.717, 1.165) is 36.6 Å². The number of carbonyl (C=O) groups excluding carboxylic acids is 2. The minimum Gasteiger partial charge on any atom is -0.383 e. The van der Waals surface area contributed by atoms with E-state index in [4.69, 9.17) is 4.74 Å². The lowest BCUT2D eigenvalue weighted by Gasteiger charge is -2.44. The molecule has 2 aliphatic rings. The molecule has 0 radical (unpaired) electrons. The van der Waals surface area contributed by atoms with Crippen LogP contribution < -0.4 is 5.32 Å². The van der Waals surface area contributed by atoms with Crippen LogP contribution >= 0.6 is 0 Å². The number of para-hydroxylation sites is 1. The molecule has 1 atom stereocenters. The zero-order valence-electron chi connectivity index (χ0n) is 16.0. The first-order chi connectivity index (χ1) is 13.0. The Hall–Kier alpha value is -2.34. The van der Waals surface area contributed by atoms with E-state index >= 15 is 0 Å². The van der Waals surface area contributed by atoms with Gasteiger partial charge >= 0.3 is 0 Å². The number of nitrogens with one attached hydrogen (secondary N) is 1. The Balaban J connectivity index is 1.73. The maximum Gasteiger partial charge on any atom is 0.271 e. The number of nitrogens with zero attached hydrogens (tertiary/aromatic N) is 2. The van der Waals surface area contributed by atoms with Crippen molar-refractivity contribution in [2.45, 2.75) is 50.7 Å². The third-order valence-electron chi connectivity index (χ3n) is 6.04. The Morgan fingerprint density at radius 2 is 2.04 bits per heavy atom. The summed E-state index contributed by atoms with van der Waals surface area (Å²) in [6.07, 6.45) is 4.35. The van der Waals surface area contributed by atoms with Crippen LogP contribution in [0.1, 0.15) is 43.1 Å². The Morgan fingerprint density at radius 3 is 2.78 bits per heavy atom. The zero-order chi connectivity index (χ0) is 19.0. The zero-order valence-corrected chi connectivity index (χ0v) is 16.0. The molecule has 0 spiro atoms. The fourth-order valence-electron chi connectivity index (χ4n) is 4.45. The largest absolute Gasteiger partial charge is 0.383 e. The normalized spacial score (nSPS) is 23.0. The number of methoxy groups -OCH3 is 1. The smallest absolute Gasteiger partial charge is 0.271 e. The Labute approximate surface area is 159 Å². The van der Waals surface area contributed by atoms with Gasteiger partial charge < -0.3 is 19.5 Å². The highest BCUT2D eigenvalue weighted by Gasteiger charge is 2.47. The summed E-state index contributed by atoms with van der Waals surface area (Å²) in [6.45, 7) is 3.12. The molecule has 1 N–H and O–H groups in total. The van der Waals surface area contributed by atoms with Gasteiger partial charge in [-0.1, -0.05) is 31.0 Å². The van der Waals surface area contributed by atoms with Gasteiger partial charge in [-0.3, -0.25) is 9.59 Å². The Kier molecular flexibility index (Phi) is 4.68. The summed E-state index contributed by atoms with van der Waals surface area (Å²) >= 11 is 0. The van der Waals surface area contributed by atoms with Gasteiger partial charge in [0.25, 0.3) is 5.91 Å². The van der Waals surface area contributed by atoms with E-state index in [1.54, 1.807) is 12.0 Å². The molecule has 1 fully saturated rings. The summed E-state index contributed by atoms with van der Waals surface area (Å²) in [4.78, 5) is 28.3. The lowest BCUT2D eigenvalue weighted by Crippen LogP contribution is -2.65. The van der Waals surface area contributed by atoms with Crippen molar-refractivity contribution in [3.63, 3.8) is 0 Å². The molecule has 6 nitrogen and oxygen atoms in total. The predicted molar refractivity (Wildman–Crippen MR) is 104 cm³/mol. The second kappa shape index (κ2) is 7.00. The fourth-order valence-corrected chi connectivity index (χ4v) is 4.45. The molecule has 0 bridgehead atoms. The van der Waals surface area contributed by atoms with E-state index in [9.17, 15) is 9.59 Å². The number of hydrogen-bond donors (Lipinski definition) is 1. The maximum atomic E-state index is 13.3. The molecule has 0 saturated heterocycles. The van der Waals surface area contributed by atoms with Gasteiger partial charge in [0.15, 0.2) is 0 Å². The first-order valence-corrected chi connectivity index (χ1v) is 9.75. The number of amides is 2. The van der Waals surface area contributed by atoms with E-state index in [1.807, 2.05) is 41.8 Å². The van der Waals surface area contributed by atoms with Crippen molar-refractivity contribution in [2.75, 3.05) is 20.3 Å². The number of hydrogen-bond acceptors (Lipinski definition) is 3. The molecule has 4 rings (SSSR count). The molecule has 2 aromatic rings. The van der Waals surface area contributed by atoms with Crippen LogP contribution in [0.25, 0.3) is 10.9 Å². The first kappa shape index (κ1) is 18.0. The molecule has 2 amide bonds. The van der Waals surface area contributed by atoms with Gasteiger partial charge in [-0.2, -0.15) is 0 Å². The highest BCUT2D eigenvalue weighted by molar-refractivity contribution is 6.03. The van der Waals surface area contributed by atoms with Gasteiger partial charge in [0.05, 0.1) is 13.2 Å². The van der Waals surface area contributed by atoms with Crippen molar-refractivity contribution in [3.05, 3.63) is 36.0 Å². The molecule has 1 aromatic carbocycles. The van der Waals surface area contributed by atoms with Gasteiger partial charge in [0.1, 0.15) is 11.2 Å². The molecule has 144 valence electrons. The third-order valence-corrected chi connectivity index (χ3v) is 6.04. The summed E-state index contributed by atoms with van der Waals surface area (Å²) in [5, 5.41) is 4.22. The van der Waals surface area contributed by atoms with Crippen LogP contribution in [0.4, 0.5) is 0 Å². The average molecular weight is 369 g/mol. The van der Waals surface area contributed by atoms with Crippen LogP contribution in [0.15, 0.2) is 30.3 Å². The van der Waals surface area contributed by atoms with E-state index in [0.29, 0.717) is 25.4 Å². The minimum absolute atomic E-state index is 0.0673. The van der Waals surface area contributed by atoms with Crippen molar-refractivity contribution in [3.8, 4) is 0 Å². The minimum atomic E-state index is -0.938.